The van der Waals surface area contributed by atoms with Crippen LogP contribution in [0.1, 0.15) is 10.5 Å². The van der Waals surface area contributed by atoms with Gasteiger partial charge in [0.05, 0.1) is 0 Å². The molecule has 1 N–H and O–H groups in total. The predicted octanol–water partition coefficient (Wildman–Crippen LogP) is 4.08. The number of hydrogen-bond donors (Lipinski definition) is 1. The fraction of sp³-hybridized carbons (Fsp3) is 0. The summed E-state index contributed by atoms with van der Waals surface area (Å²) in [5, 5.41) is 13.7. The van der Waals surface area contributed by atoms with Gasteiger partial charge in [-0.3, -0.25) is 0 Å². The number of aromatic nitrogens is 4. The van der Waals surface area contributed by atoms with Crippen molar-refractivity contribution in [3.05, 3.63) is 66.5 Å². The van der Waals surface area contributed by atoms with Crippen molar-refractivity contribution in [2.24, 2.45) is 0 Å². The molecule has 0 fully saturated rings. The van der Waals surface area contributed by atoms with Crippen LogP contribution in [0.3, 0.4) is 0 Å². The first-order valence-electron chi connectivity index (χ1n) is 7.43. The minimum Gasteiger partial charge on any atom is -0.476 e. The van der Waals surface area contributed by atoms with Gasteiger partial charge in [0.25, 0.3) is 0 Å². The van der Waals surface area contributed by atoms with Crippen LogP contribution in [0, 0.1) is 5.82 Å². The summed E-state index contributed by atoms with van der Waals surface area (Å²) in [6, 6.07) is 8.81. The highest BCUT2D eigenvalue weighted by Gasteiger charge is 2.26. The monoisotopic (exact) mass is 372 g/mol. The van der Waals surface area contributed by atoms with Crippen molar-refractivity contribution >= 4 is 24.0 Å². The lowest BCUT2D eigenvalue weighted by Crippen LogP contribution is -2.05. The third kappa shape index (κ3) is 2.62. The SMILES string of the molecule is O=C(O)c1c(-c2ccc3nccn3c2)c(-c2ccc(F)cc2)nn1SF. The summed E-state index contributed by atoms with van der Waals surface area (Å²) in [5.74, 6) is -1.76. The van der Waals surface area contributed by atoms with E-state index in [0.29, 0.717) is 20.9 Å². The van der Waals surface area contributed by atoms with Gasteiger partial charge in [-0.25, -0.2) is 14.2 Å². The molecule has 130 valence electrons. The van der Waals surface area contributed by atoms with E-state index in [4.69, 9.17) is 0 Å². The molecule has 1 aromatic carbocycles. The van der Waals surface area contributed by atoms with E-state index in [1.165, 1.54) is 24.3 Å². The summed E-state index contributed by atoms with van der Waals surface area (Å²) in [6.07, 6.45) is 5.01. The predicted molar refractivity (Wildman–Crippen MR) is 92.9 cm³/mol. The molecule has 4 aromatic rings. The van der Waals surface area contributed by atoms with Gasteiger partial charge in [-0.1, -0.05) is 0 Å². The highest BCUT2D eigenvalue weighted by atomic mass is 32.2. The van der Waals surface area contributed by atoms with E-state index in [-0.39, 0.29) is 29.3 Å². The average molecular weight is 372 g/mol. The first-order valence-corrected chi connectivity index (χ1v) is 8.10. The van der Waals surface area contributed by atoms with Gasteiger partial charge in [-0.2, -0.15) is 9.19 Å². The second-order valence-electron chi connectivity index (χ2n) is 5.44. The Morgan fingerprint density at radius 3 is 2.54 bits per heavy atom. The van der Waals surface area contributed by atoms with E-state index in [9.17, 15) is 18.2 Å². The molecular formula is C17H10F2N4O2S. The van der Waals surface area contributed by atoms with Crippen LogP contribution in [-0.2, 0) is 0 Å². The number of carboxylic acid groups (broad SMARTS) is 1. The third-order valence-corrected chi connectivity index (χ3v) is 4.31. The number of imidazole rings is 1. The van der Waals surface area contributed by atoms with E-state index in [2.05, 4.69) is 10.1 Å². The number of nitrogens with zero attached hydrogens (tertiary/aromatic N) is 4. The molecule has 0 saturated heterocycles. The Labute approximate surface area is 150 Å². The topological polar surface area (TPSA) is 72.4 Å². The van der Waals surface area contributed by atoms with Crippen molar-refractivity contribution in [1.82, 2.24) is 18.6 Å². The summed E-state index contributed by atoms with van der Waals surface area (Å²) >= 11 is -0.312. The van der Waals surface area contributed by atoms with Crippen molar-refractivity contribution in [2.75, 3.05) is 0 Å². The van der Waals surface area contributed by atoms with Gasteiger partial charge in [0.15, 0.2) is 18.0 Å². The third-order valence-electron chi connectivity index (χ3n) is 3.92. The Kier molecular flexibility index (Phi) is 3.92. The maximum Gasteiger partial charge on any atom is 0.356 e. The molecular weight excluding hydrogens is 362 g/mol. The number of hydrogen-bond acceptors (Lipinski definition) is 4. The molecule has 0 aliphatic carbocycles. The van der Waals surface area contributed by atoms with Gasteiger partial charge in [-0.05, 0) is 36.4 Å². The van der Waals surface area contributed by atoms with Gasteiger partial charge >= 0.3 is 5.97 Å². The number of aromatic carboxylic acids is 1. The minimum atomic E-state index is -1.32. The quantitative estimate of drug-likeness (QED) is 0.584. The van der Waals surface area contributed by atoms with Crippen LogP contribution in [0.15, 0.2) is 55.0 Å². The fourth-order valence-electron chi connectivity index (χ4n) is 2.79. The standard InChI is InChI=1S/C17H10F2N4O2S/c18-12-4-1-10(2-5-12)15-14(16(17(24)25)23(21-15)26-19)11-3-6-13-20-7-8-22(13)9-11/h1-9H,(H,24,25). The lowest BCUT2D eigenvalue weighted by molar-refractivity contribution is 0.0689. The molecule has 0 atom stereocenters. The van der Waals surface area contributed by atoms with Crippen LogP contribution < -0.4 is 0 Å². The second kappa shape index (κ2) is 6.26. The molecule has 0 bridgehead atoms. The summed E-state index contributed by atoms with van der Waals surface area (Å²) in [4.78, 5) is 15.9. The van der Waals surface area contributed by atoms with E-state index < -0.39 is 11.8 Å². The lowest BCUT2D eigenvalue weighted by Gasteiger charge is -2.06. The van der Waals surface area contributed by atoms with E-state index in [1.807, 2.05) is 0 Å². The van der Waals surface area contributed by atoms with Crippen molar-refractivity contribution in [1.29, 1.82) is 0 Å². The van der Waals surface area contributed by atoms with Crippen molar-refractivity contribution in [3.63, 3.8) is 0 Å². The maximum absolute atomic E-state index is 13.3. The molecule has 0 radical (unpaired) electrons. The first kappa shape index (κ1) is 16.3. The molecule has 0 saturated carbocycles. The number of pyridine rings is 1. The molecule has 0 aliphatic rings. The summed E-state index contributed by atoms with van der Waals surface area (Å²) in [5.41, 5.74) is 1.85. The van der Waals surface area contributed by atoms with Gasteiger partial charge in [-0.15, -0.1) is 3.89 Å². The van der Waals surface area contributed by atoms with Crippen molar-refractivity contribution in [3.8, 4) is 22.4 Å². The Balaban J connectivity index is 2.02. The van der Waals surface area contributed by atoms with E-state index in [0.717, 1.165) is 0 Å². The highest BCUT2D eigenvalue weighted by molar-refractivity contribution is 7.92. The molecule has 3 aromatic heterocycles. The molecule has 0 aliphatic heterocycles. The zero-order valence-corrected chi connectivity index (χ0v) is 13.8. The summed E-state index contributed by atoms with van der Waals surface area (Å²) in [7, 11) is 0. The molecule has 9 heteroatoms. The van der Waals surface area contributed by atoms with Gasteiger partial charge in [0, 0.05) is 35.3 Å². The van der Waals surface area contributed by atoms with Gasteiger partial charge in [0.1, 0.15) is 17.2 Å². The normalized spacial score (nSPS) is 11.2. The first-order chi connectivity index (χ1) is 12.6. The molecule has 0 unspecified atom stereocenters. The average Bonchev–Trinajstić information content (AvgIpc) is 3.25. The zero-order chi connectivity index (χ0) is 18.3. The molecule has 0 spiro atoms. The zero-order valence-electron chi connectivity index (χ0n) is 13.0. The number of carbonyl (C=O) groups is 1. The molecule has 26 heavy (non-hydrogen) atoms. The summed E-state index contributed by atoms with van der Waals surface area (Å²) in [6.45, 7) is 0. The molecule has 3 heterocycles. The minimum absolute atomic E-state index is 0.241. The van der Waals surface area contributed by atoms with Crippen LogP contribution in [-0.4, -0.2) is 29.6 Å². The number of rotatable bonds is 4. The number of benzene rings is 1. The largest absolute Gasteiger partial charge is 0.476 e. The van der Waals surface area contributed by atoms with Crippen LogP contribution in [0.4, 0.5) is 8.28 Å². The molecule has 4 rings (SSSR count). The van der Waals surface area contributed by atoms with Gasteiger partial charge < -0.3 is 9.51 Å². The Hall–Kier alpha value is -3.20. The van der Waals surface area contributed by atoms with Crippen LogP contribution in [0.25, 0.3) is 28.0 Å². The number of carboxylic acids is 1. The maximum atomic E-state index is 13.3. The smallest absolute Gasteiger partial charge is 0.356 e. The Morgan fingerprint density at radius 2 is 1.85 bits per heavy atom. The van der Waals surface area contributed by atoms with Crippen molar-refractivity contribution in [2.45, 2.75) is 0 Å². The second-order valence-corrected chi connectivity index (χ2v) is 5.92. The van der Waals surface area contributed by atoms with Crippen LogP contribution in [0.2, 0.25) is 0 Å². The molecule has 0 amide bonds. The highest BCUT2D eigenvalue weighted by Crippen LogP contribution is 2.36. The van der Waals surface area contributed by atoms with Crippen LogP contribution in [0.5, 0.6) is 0 Å². The van der Waals surface area contributed by atoms with E-state index in [1.54, 1.807) is 35.1 Å². The van der Waals surface area contributed by atoms with Crippen LogP contribution >= 0.6 is 12.3 Å². The summed E-state index contributed by atoms with van der Waals surface area (Å²) < 4.78 is 29.0. The fourth-order valence-corrected chi connectivity index (χ4v) is 3.14. The molecule has 6 nitrogen and oxygen atoms in total. The van der Waals surface area contributed by atoms with Gasteiger partial charge in [0.2, 0.25) is 0 Å². The Morgan fingerprint density at radius 1 is 1.12 bits per heavy atom. The number of halogens is 2. The Bertz CT molecular complexity index is 1120. The number of fused-ring (bicyclic) bond motifs is 1. The lowest BCUT2D eigenvalue weighted by atomic mass is 10.00. The van der Waals surface area contributed by atoms with E-state index >= 15 is 0 Å². The van der Waals surface area contributed by atoms with Crippen molar-refractivity contribution < 1.29 is 18.2 Å².